The number of nitrogens with one attached hydrogen (secondary N) is 1. The van der Waals surface area contributed by atoms with E-state index in [0.29, 0.717) is 10.8 Å². The molecule has 21 heavy (non-hydrogen) atoms. The molecule has 1 fully saturated rings. The van der Waals surface area contributed by atoms with Crippen LogP contribution >= 0.6 is 11.8 Å². The normalized spacial score (nSPS) is 22.3. The van der Waals surface area contributed by atoms with Gasteiger partial charge in [-0.05, 0) is 36.8 Å². The highest BCUT2D eigenvalue weighted by Gasteiger charge is 2.30. The Balaban J connectivity index is 2.07. The molecule has 2 atom stereocenters. The third-order valence-corrected chi connectivity index (χ3v) is 6.16. The molecule has 0 spiro atoms. The highest BCUT2D eigenvalue weighted by molar-refractivity contribution is 7.99. The highest BCUT2D eigenvalue weighted by Crippen LogP contribution is 2.29. The lowest BCUT2D eigenvalue weighted by atomic mass is 10.1. The van der Waals surface area contributed by atoms with Gasteiger partial charge in [-0.25, -0.2) is 17.9 Å². The highest BCUT2D eigenvalue weighted by atomic mass is 32.2. The van der Waals surface area contributed by atoms with Crippen LogP contribution in [0.1, 0.15) is 35.2 Å². The predicted molar refractivity (Wildman–Crippen MR) is 84.1 cm³/mol. The van der Waals surface area contributed by atoms with Gasteiger partial charge in [-0.2, -0.15) is 11.8 Å². The van der Waals surface area contributed by atoms with Gasteiger partial charge in [0.1, 0.15) is 0 Å². The van der Waals surface area contributed by atoms with Gasteiger partial charge in [0.2, 0.25) is 10.0 Å². The van der Waals surface area contributed by atoms with Crippen molar-refractivity contribution in [3.63, 3.8) is 0 Å². The number of thioether (sulfide) groups is 1. The van der Waals surface area contributed by atoms with Crippen LogP contribution in [0.15, 0.2) is 24.3 Å². The van der Waals surface area contributed by atoms with Crippen LogP contribution in [0.25, 0.3) is 0 Å². The topological polar surface area (TPSA) is 83.5 Å². The predicted octanol–water partition coefficient (Wildman–Crippen LogP) is 2.09. The average Bonchev–Trinajstić information content (AvgIpc) is 2.84. The number of aromatic carboxylic acids is 1. The average molecular weight is 329 g/mol. The van der Waals surface area contributed by atoms with Gasteiger partial charge in [0.15, 0.2) is 0 Å². The maximum atomic E-state index is 12.2. The molecule has 1 aromatic rings. The van der Waals surface area contributed by atoms with Crippen molar-refractivity contribution in [1.82, 2.24) is 4.72 Å². The van der Waals surface area contributed by atoms with Crippen LogP contribution in [-0.4, -0.2) is 37.0 Å². The fourth-order valence-corrected chi connectivity index (χ4v) is 5.10. The van der Waals surface area contributed by atoms with Crippen molar-refractivity contribution in [3.8, 4) is 0 Å². The van der Waals surface area contributed by atoms with E-state index >= 15 is 0 Å². The van der Waals surface area contributed by atoms with Gasteiger partial charge in [-0.15, -0.1) is 0 Å². The summed E-state index contributed by atoms with van der Waals surface area (Å²) >= 11 is 1.69. The molecule has 0 radical (unpaired) electrons. The van der Waals surface area contributed by atoms with Crippen LogP contribution in [0.5, 0.6) is 0 Å². The second-order valence-corrected chi connectivity index (χ2v) is 8.02. The van der Waals surface area contributed by atoms with E-state index in [2.05, 4.69) is 4.72 Å². The van der Waals surface area contributed by atoms with Crippen LogP contribution in [-0.2, 0) is 15.8 Å². The monoisotopic (exact) mass is 329 g/mol. The number of hydrogen-bond donors (Lipinski definition) is 2. The molecule has 0 aromatic heterocycles. The van der Waals surface area contributed by atoms with Gasteiger partial charge >= 0.3 is 5.97 Å². The summed E-state index contributed by atoms with van der Waals surface area (Å²) in [5.74, 6) is -1.24. The number of carboxylic acids is 1. The summed E-state index contributed by atoms with van der Waals surface area (Å²) in [6, 6.07) is 6.03. The molecule has 0 saturated heterocycles. The van der Waals surface area contributed by atoms with Gasteiger partial charge in [0.25, 0.3) is 0 Å². The Morgan fingerprint density at radius 1 is 1.43 bits per heavy atom. The third kappa shape index (κ3) is 4.46. The molecular formula is C14H19NO4S2. The van der Waals surface area contributed by atoms with Crippen LogP contribution in [0.4, 0.5) is 0 Å². The van der Waals surface area contributed by atoms with Crippen molar-refractivity contribution >= 4 is 27.8 Å². The first kappa shape index (κ1) is 16.3. The molecule has 116 valence electrons. The SMILES string of the molecule is CSC1CCCC1NS(=O)(=O)Cc1cccc(C(=O)O)c1. The molecule has 2 rings (SSSR count). The molecular weight excluding hydrogens is 310 g/mol. The standard InChI is InChI=1S/C14H19NO4S2/c1-20-13-7-3-6-12(13)15-21(18,19)9-10-4-2-5-11(8-10)14(16)17/h2,4-5,8,12-13,15H,3,6-7,9H2,1H3,(H,16,17). The molecule has 5 nitrogen and oxygen atoms in total. The van der Waals surface area contributed by atoms with E-state index < -0.39 is 16.0 Å². The summed E-state index contributed by atoms with van der Waals surface area (Å²) in [5.41, 5.74) is 0.589. The maximum absolute atomic E-state index is 12.2. The lowest BCUT2D eigenvalue weighted by molar-refractivity contribution is 0.0696. The molecule has 0 aliphatic heterocycles. The lowest BCUT2D eigenvalue weighted by Gasteiger charge is -2.19. The van der Waals surface area contributed by atoms with Gasteiger partial charge in [0.05, 0.1) is 11.3 Å². The Hall–Kier alpha value is -1.05. The van der Waals surface area contributed by atoms with E-state index in [0.717, 1.165) is 19.3 Å². The van der Waals surface area contributed by atoms with Crippen LogP contribution in [0.3, 0.4) is 0 Å². The van der Waals surface area contributed by atoms with E-state index in [1.54, 1.807) is 23.9 Å². The van der Waals surface area contributed by atoms with E-state index in [1.807, 2.05) is 6.26 Å². The van der Waals surface area contributed by atoms with Crippen molar-refractivity contribution in [2.24, 2.45) is 0 Å². The fraction of sp³-hybridized carbons (Fsp3) is 0.500. The van der Waals surface area contributed by atoms with Crippen LogP contribution < -0.4 is 4.72 Å². The zero-order valence-electron chi connectivity index (χ0n) is 11.8. The Kier molecular flexibility index (Phi) is 5.29. The number of hydrogen-bond acceptors (Lipinski definition) is 4. The largest absolute Gasteiger partial charge is 0.478 e. The zero-order valence-corrected chi connectivity index (χ0v) is 13.4. The lowest BCUT2D eigenvalue weighted by Crippen LogP contribution is -2.39. The second kappa shape index (κ2) is 6.81. The van der Waals surface area contributed by atoms with Crippen molar-refractivity contribution in [2.75, 3.05) is 6.26 Å². The summed E-state index contributed by atoms with van der Waals surface area (Å²) in [6.07, 6.45) is 4.92. The fourth-order valence-electron chi connectivity index (χ4n) is 2.63. The van der Waals surface area contributed by atoms with Crippen LogP contribution in [0, 0.1) is 0 Å². The Morgan fingerprint density at radius 3 is 2.86 bits per heavy atom. The minimum absolute atomic E-state index is 0.0207. The summed E-state index contributed by atoms with van der Waals surface area (Å²) in [7, 11) is -3.46. The minimum atomic E-state index is -3.46. The Bertz CT molecular complexity index is 615. The summed E-state index contributed by atoms with van der Waals surface area (Å²) in [4.78, 5) is 10.9. The van der Waals surface area contributed by atoms with E-state index in [-0.39, 0.29) is 17.4 Å². The molecule has 1 aromatic carbocycles. The molecule has 1 saturated carbocycles. The number of carbonyl (C=O) groups is 1. The van der Waals surface area contributed by atoms with E-state index in [4.69, 9.17) is 5.11 Å². The smallest absolute Gasteiger partial charge is 0.335 e. The van der Waals surface area contributed by atoms with Crippen molar-refractivity contribution < 1.29 is 18.3 Å². The zero-order chi connectivity index (χ0) is 15.5. The van der Waals surface area contributed by atoms with Crippen molar-refractivity contribution in [2.45, 2.75) is 36.3 Å². The van der Waals surface area contributed by atoms with Crippen molar-refractivity contribution in [1.29, 1.82) is 0 Å². The molecule has 0 heterocycles. The number of carboxylic acid groups (broad SMARTS) is 1. The maximum Gasteiger partial charge on any atom is 0.335 e. The van der Waals surface area contributed by atoms with Crippen LogP contribution in [0.2, 0.25) is 0 Å². The Labute approximate surface area is 129 Å². The first-order valence-electron chi connectivity index (χ1n) is 6.76. The molecule has 7 heteroatoms. The molecule has 1 aliphatic carbocycles. The first-order valence-corrected chi connectivity index (χ1v) is 9.70. The molecule has 0 amide bonds. The molecule has 0 bridgehead atoms. The van der Waals surface area contributed by atoms with E-state index in [9.17, 15) is 13.2 Å². The molecule has 1 aliphatic rings. The summed E-state index contributed by atoms with van der Waals surface area (Å²) < 4.78 is 27.2. The summed E-state index contributed by atoms with van der Waals surface area (Å²) in [6.45, 7) is 0. The minimum Gasteiger partial charge on any atom is -0.478 e. The first-order chi connectivity index (χ1) is 9.91. The number of benzene rings is 1. The van der Waals surface area contributed by atoms with E-state index in [1.165, 1.54) is 12.1 Å². The van der Waals surface area contributed by atoms with Gasteiger partial charge in [0, 0.05) is 11.3 Å². The quantitative estimate of drug-likeness (QED) is 0.835. The summed E-state index contributed by atoms with van der Waals surface area (Å²) in [5, 5.41) is 9.26. The number of sulfonamides is 1. The van der Waals surface area contributed by atoms with Crippen molar-refractivity contribution in [3.05, 3.63) is 35.4 Å². The van der Waals surface area contributed by atoms with Gasteiger partial charge < -0.3 is 5.11 Å². The Morgan fingerprint density at radius 2 is 2.19 bits per heavy atom. The third-order valence-electron chi connectivity index (χ3n) is 3.62. The molecule has 2 unspecified atom stereocenters. The molecule has 2 N–H and O–H groups in total. The van der Waals surface area contributed by atoms with Gasteiger partial charge in [-0.3, -0.25) is 0 Å². The second-order valence-electron chi connectivity index (χ2n) is 5.19. The number of rotatable bonds is 6. The van der Waals surface area contributed by atoms with Gasteiger partial charge in [-0.1, -0.05) is 18.6 Å².